The van der Waals surface area contributed by atoms with Gasteiger partial charge in [0.05, 0.1) is 11.0 Å². The standard InChI is InChI=1S/C18H26N2O4/c1-12(21)14-6-5-9-19(11-14)17(22)13-7-8-15(18(2,3)4)16(10-13)20(23)24/h7-8,10,12,14,21H,5-6,9,11H2,1-4H3. The van der Waals surface area contributed by atoms with E-state index in [2.05, 4.69) is 0 Å². The van der Waals surface area contributed by atoms with Gasteiger partial charge in [-0.15, -0.1) is 0 Å². The van der Waals surface area contributed by atoms with Crippen molar-refractivity contribution >= 4 is 11.6 Å². The van der Waals surface area contributed by atoms with E-state index in [4.69, 9.17) is 0 Å². The van der Waals surface area contributed by atoms with Crippen LogP contribution in [0.15, 0.2) is 18.2 Å². The van der Waals surface area contributed by atoms with Crippen LogP contribution in [0.1, 0.15) is 56.5 Å². The highest BCUT2D eigenvalue weighted by atomic mass is 16.6. The van der Waals surface area contributed by atoms with Crippen molar-refractivity contribution < 1.29 is 14.8 Å². The number of nitrogens with zero attached hydrogens (tertiary/aromatic N) is 2. The van der Waals surface area contributed by atoms with Crippen molar-refractivity contribution in [3.05, 3.63) is 39.4 Å². The fraction of sp³-hybridized carbons (Fsp3) is 0.611. The number of piperidine rings is 1. The van der Waals surface area contributed by atoms with Gasteiger partial charge in [-0.3, -0.25) is 14.9 Å². The molecule has 1 saturated heterocycles. The van der Waals surface area contributed by atoms with Crippen LogP contribution in [0.4, 0.5) is 5.69 Å². The summed E-state index contributed by atoms with van der Waals surface area (Å²) in [6.07, 6.45) is 1.27. The zero-order valence-corrected chi connectivity index (χ0v) is 14.8. The highest BCUT2D eigenvalue weighted by Gasteiger charge is 2.30. The fourth-order valence-corrected chi connectivity index (χ4v) is 3.22. The van der Waals surface area contributed by atoms with Gasteiger partial charge in [-0.2, -0.15) is 0 Å². The summed E-state index contributed by atoms with van der Waals surface area (Å²) >= 11 is 0. The van der Waals surface area contributed by atoms with E-state index in [0.29, 0.717) is 24.2 Å². The molecule has 0 saturated carbocycles. The molecule has 1 fully saturated rings. The van der Waals surface area contributed by atoms with Gasteiger partial charge in [0.15, 0.2) is 0 Å². The number of carbonyl (C=O) groups excluding carboxylic acids is 1. The Morgan fingerprint density at radius 3 is 2.62 bits per heavy atom. The molecule has 1 aromatic carbocycles. The second-order valence-electron chi connectivity index (χ2n) is 7.63. The summed E-state index contributed by atoms with van der Waals surface area (Å²) in [4.78, 5) is 25.4. The Morgan fingerprint density at radius 1 is 1.42 bits per heavy atom. The summed E-state index contributed by atoms with van der Waals surface area (Å²) in [6.45, 7) is 8.59. The van der Waals surface area contributed by atoms with Crippen molar-refractivity contribution in [1.29, 1.82) is 0 Å². The van der Waals surface area contributed by atoms with Crippen molar-refractivity contribution in [3.8, 4) is 0 Å². The molecule has 2 atom stereocenters. The van der Waals surface area contributed by atoms with Gasteiger partial charge < -0.3 is 10.0 Å². The van der Waals surface area contributed by atoms with Crippen LogP contribution >= 0.6 is 0 Å². The van der Waals surface area contributed by atoms with E-state index < -0.39 is 11.0 Å². The highest BCUT2D eigenvalue weighted by molar-refractivity contribution is 5.95. The molecule has 0 spiro atoms. The van der Waals surface area contributed by atoms with Crippen LogP contribution in [0.5, 0.6) is 0 Å². The highest BCUT2D eigenvalue weighted by Crippen LogP contribution is 2.32. The Morgan fingerprint density at radius 2 is 2.08 bits per heavy atom. The maximum atomic E-state index is 12.7. The molecule has 1 aliphatic heterocycles. The maximum Gasteiger partial charge on any atom is 0.273 e. The maximum absolute atomic E-state index is 12.7. The Kier molecular flexibility index (Phi) is 5.28. The quantitative estimate of drug-likeness (QED) is 0.680. The van der Waals surface area contributed by atoms with Crippen molar-refractivity contribution in [2.24, 2.45) is 5.92 Å². The van der Waals surface area contributed by atoms with Crippen molar-refractivity contribution in [2.45, 2.75) is 52.1 Å². The third-order valence-electron chi connectivity index (χ3n) is 4.68. The number of nitro groups is 1. The summed E-state index contributed by atoms with van der Waals surface area (Å²) in [7, 11) is 0. The Hall–Kier alpha value is -1.95. The smallest absolute Gasteiger partial charge is 0.273 e. The van der Waals surface area contributed by atoms with Crippen LogP contribution in [0.25, 0.3) is 0 Å². The first kappa shape index (κ1) is 18.4. The normalized spacial score (nSPS) is 19.9. The third kappa shape index (κ3) is 3.93. The fourth-order valence-electron chi connectivity index (χ4n) is 3.22. The summed E-state index contributed by atoms with van der Waals surface area (Å²) in [5, 5.41) is 21.2. The van der Waals surface area contributed by atoms with Gasteiger partial charge in [0.2, 0.25) is 0 Å². The molecule has 1 amide bonds. The van der Waals surface area contributed by atoms with Crippen molar-refractivity contribution in [2.75, 3.05) is 13.1 Å². The molecule has 1 heterocycles. The average molecular weight is 334 g/mol. The number of benzene rings is 1. The van der Waals surface area contributed by atoms with E-state index in [1.807, 2.05) is 20.8 Å². The van der Waals surface area contributed by atoms with Crippen LogP contribution in [-0.4, -0.2) is 40.0 Å². The van der Waals surface area contributed by atoms with Crippen LogP contribution in [-0.2, 0) is 5.41 Å². The minimum Gasteiger partial charge on any atom is -0.393 e. The molecule has 2 unspecified atom stereocenters. The first-order chi connectivity index (χ1) is 11.1. The topological polar surface area (TPSA) is 83.7 Å². The van der Waals surface area contributed by atoms with Gasteiger partial charge in [-0.1, -0.05) is 26.8 Å². The first-order valence-corrected chi connectivity index (χ1v) is 8.37. The second kappa shape index (κ2) is 6.89. The Balaban J connectivity index is 2.30. The molecule has 2 rings (SSSR count). The minimum atomic E-state index is -0.460. The number of nitro benzene ring substituents is 1. The molecule has 1 N–H and O–H groups in total. The molecule has 0 aliphatic carbocycles. The number of hydrogen-bond acceptors (Lipinski definition) is 4. The van der Waals surface area contributed by atoms with Crippen molar-refractivity contribution in [1.82, 2.24) is 4.90 Å². The predicted octanol–water partition coefficient (Wildman–Crippen LogP) is 3.13. The number of carbonyl (C=O) groups is 1. The van der Waals surface area contributed by atoms with E-state index in [1.54, 1.807) is 24.0 Å². The van der Waals surface area contributed by atoms with Crippen LogP contribution in [0, 0.1) is 16.0 Å². The first-order valence-electron chi connectivity index (χ1n) is 8.37. The zero-order valence-electron chi connectivity index (χ0n) is 14.8. The molecule has 24 heavy (non-hydrogen) atoms. The number of amides is 1. The molecule has 0 aromatic heterocycles. The molecule has 6 nitrogen and oxygen atoms in total. The molecular weight excluding hydrogens is 308 g/mol. The predicted molar refractivity (Wildman–Crippen MR) is 92.1 cm³/mol. The number of likely N-dealkylation sites (tertiary alicyclic amines) is 1. The summed E-state index contributed by atoms with van der Waals surface area (Å²) in [6, 6.07) is 4.73. The van der Waals surface area contributed by atoms with E-state index in [9.17, 15) is 20.0 Å². The lowest BCUT2D eigenvalue weighted by atomic mass is 9.85. The minimum absolute atomic E-state index is 0.0163. The molecule has 132 valence electrons. The van der Waals surface area contributed by atoms with E-state index >= 15 is 0 Å². The number of aliphatic hydroxyl groups excluding tert-OH is 1. The van der Waals surface area contributed by atoms with E-state index in [1.165, 1.54) is 6.07 Å². The summed E-state index contributed by atoms with van der Waals surface area (Å²) in [5.41, 5.74) is 0.565. The molecule has 1 aliphatic rings. The zero-order chi connectivity index (χ0) is 18.1. The van der Waals surface area contributed by atoms with Gasteiger partial charge in [0.1, 0.15) is 0 Å². The summed E-state index contributed by atoms with van der Waals surface area (Å²) < 4.78 is 0. The SMILES string of the molecule is CC(O)C1CCCN(C(=O)c2ccc(C(C)(C)C)c([N+](=O)[O-])c2)C1. The molecule has 6 heteroatoms. The molecule has 0 bridgehead atoms. The van der Waals surface area contributed by atoms with Gasteiger partial charge in [0.25, 0.3) is 11.6 Å². The van der Waals surface area contributed by atoms with Gasteiger partial charge in [-0.25, -0.2) is 0 Å². The van der Waals surface area contributed by atoms with Gasteiger partial charge in [-0.05, 0) is 31.2 Å². The van der Waals surface area contributed by atoms with Crippen LogP contribution < -0.4 is 0 Å². The number of aliphatic hydroxyl groups is 1. The van der Waals surface area contributed by atoms with E-state index in [-0.39, 0.29) is 22.9 Å². The average Bonchev–Trinajstić information content (AvgIpc) is 2.52. The lowest BCUT2D eigenvalue weighted by Crippen LogP contribution is -2.43. The van der Waals surface area contributed by atoms with Gasteiger partial charge in [0, 0.05) is 36.2 Å². The van der Waals surface area contributed by atoms with Gasteiger partial charge >= 0.3 is 0 Å². The summed E-state index contributed by atoms with van der Waals surface area (Å²) in [5.74, 6) is -0.143. The second-order valence-corrected chi connectivity index (χ2v) is 7.63. The lowest BCUT2D eigenvalue weighted by Gasteiger charge is -2.34. The Bertz CT molecular complexity index is 634. The van der Waals surface area contributed by atoms with Crippen LogP contribution in [0.3, 0.4) is 0 Å². The molecular formula is C18H26N2O4. The number of rotatable bonds is 3. The number of hydrogen-bond donors (Lipinski definition) is 1. The molecule has 1 aromatic rings. The lowest BCUT2D eigenvalue weighted by molar-refractivity contribution is -0.386. The third-order valence-corrected chi connectivity index (χ3v) is 4.68. The monoisotopic (exact) mass is 334 g/mol. The van der Waals surface area contributed by atoms with Crippen molar-refractivity contribution in [3.63, 3.8) is 0 Å². The molecule has 0 radical (unpaired) electrons. The Labute approximate surface area is 142 Å². The largest absolute Gasteiger partial charge is 0.393 e. The van der Waals surface area contributed by atoms with Crippen LogP contribution in [0.2, 0.25) is 0 Å². The van der Waals surface area contributed by atoms with E-state index in [0.717, 1.165) is 12.8 Å².